The van der Waals surface area contributed by atoms with Gasteiger partial charge in [-0.15, -0.1) is 0 Å². The number of thiol groups is 1. The molecule has 0 aromatic heterocycles. The Morgan fingerprint density at radius 1 is 1.44 bits per heavy atom. The summed E-state index contributed by atoms with van der Waals surface area (Å²) < 4.78 is 5.39. The van der Waals surface area contributed by atoms with E-state index in [1.54, 1.807) is 19.1 Å². The van der Waals surface area contributed by atoms with Gasteiger partial charge in [0.15, 0.2) is 0 Å². The summed E-state index contributed by atoms with van der Waals surface area (Å²) in [5.41, 5.74) is 3.05. The average Bonchev–Trinajstić information content (AvgIpc) is 2.36. The minimum Gasteiger partial charge on any atom is -0.496 e. The van der Waals surface area contributed by atoms with Crippen LogP contribution in [-0.2, 0) is 4.79 Å². The van der Waals surface area contributed by atoms with Crippen molar-refractivity contribution in [2.45, 2.75) is 26.7 Å². The SMILES string of the molecule is COc1cc(C)c(N(C)C(=O)CS)cc1C(C)C. The summed E-state index contributed by atoms with van der Waals surface area (Å²) in [6, 6.07) is 4.01. The molecule has 100 valence electrons. The maximum absolute atomic E-state index is 11.7. The minimum absolute atomic E-state index is 0.0127. The number of amides is 1. The van der Waals surface area contributed by atoms with Crippen LogP contribution in [0.25, 0.3) is 0 Å². The third-order valence-corrected chi connectivity index (χ3v) is 3.31. The largest absolute Gasteiger partial charge is 0.496 e. The van der Waals surface area contributed by atoms with Gasteiger partial charge in [0.1, 0.15) is 5.75 Å². The highest BCUT2D eigenvalue weighted by Crippen LogP contribution is 2.33. The molecule has 0 heterocycles. The van der Waals surface area contributed by atoms with Crippen LogP contribution in [0, 0.1) is 6.92 Å². The standard InChI is InChI=1S/C14H21NO2S/c1-9(2)11-7-12(15(4)14(16)8-18)10(3)6-13(11)17-5/h6-7,9,18H,8H2,1-5H3. The highest BCUT2D eigenvalue weighted by molar-refractivity contribution is 7.81. The zero-order chi connectivity index (χ0) is 13.9. The lowest BCUT2D eigenvalue weighted by Crippen LogP contribution is -2.28. The molecule has 0 radical (unpaired) electrons. The third-order valence-electron chi connectivity index (χ3n) is 3.04. The molecule has 0 unspecified atom stereocenters. The molecule has 0 aliphatic carbocycles. The van der Waals surface area contributed by atoms with E-state index in [4.69, 9.17) is 4.74 Å². The maximum atomic E-state index is 11.7. The molecule has 1 rings (SSSR count). The number of benzene rings is 1. The van der Waals surface area contributed by atoms with E-state index in [9.17, 15) is 4.79 Å². The monoisotopic (exact) mass is 267 g/mol. The summed E-state index contributed by atoms with van der Waals surface area (Å²) in [5, 5.41) is 0. The number of ether oxygens (including phenoxy) is 1. The van der Waals surface area contributed by atoms with Crippen molar-refractivity contribution in [1.29, 1.82) is 0 Å². The highest BCUT2D eigenvalue weighted by atomic mass is 32.1. The Labute approximate surface area is 115 Å². The molecule has 1 amide bonds. The van der Waals surface area contributed by atoms with Crippen LogP contribution in [0.15, 0.2) is 12.1 Å². The van der Waals surface area contributed by atoms with Crippen molar-refractivity contribution in [1.82, 2.24) is 0 Å². The molecule has 0 saturated heterocycles. The Kier molecular flexibility index (Phi) is 5.08. The highest BCUT2D eigenvalue weighted by Gasteiger charge is 2.16. The summed E-state index contributed by atoms with van der Waals surface area (Å²) in [4.78, 5) is 13.4. The molecule has 0 fully saturated rings. The normalized spacial score (nSPS) is 10.6. The van der Waals surface area contributed by atoms with E-state index in [-0.39, 0.29) is 11.7 Å². The van der Waals surface area contributed by atoms with Crippen molar-refractivity contribution < 1.29 is 9.53 Å². The van der Waals surface area contributed by atoms with Crippen LogP contribution >= 0.6 is 12.6 Å². The molecule has 3 nitrogen and oxygen atoms in total. The molecule has 1 aromatic carbocycles. The van der Waals surface area contributed by atoms with E-state index in [2.05, 4.69) is 26.5 Å². The zero-order valence-corrected chi connectivity index (χ0v) is 12.5. The third kappa shape index (κ3) is 2.99. The van der Waals surface area contributed by atoms with E-state index in [0.717, 1.165) is 22.6 Å². The number of methoxy groups -OCH3 is 1. The second-order valence-electron chi connectivity index (χ2n) is 4.65. The second-order valence-corrected chi connectivity index (χ2v) is 4.96. The molecule has 1 aromatic rings. The van der Waals surface area contributed by atoms with Crippen LogP contribution in [0.5, 0.6) is 5.75 Å². The van der Waals surface area contributed by atoms with Crippen LogP contribution in [-0.4, -0.2) is 25.8 Å². The fourth-order valence-electron chi connectivity index (χ4n) is 1.92. The number of hydrogen-bond acceptors (Lipinski definition) is 3. The summed E-state index contributed by atoms with van der Waals surface area (Å²) >= 11 is 4.03. The predicted molar refractivity (Wildman–Crippen MR) is 79.1 cm³/mol. The first kappa shape index (κ1) is 14.9. The van der Waals surface area contributed by atoms with Gasteiger partial charge in [-0.1, -0.05) is 13.8 Å². The Hall–Kier alpha value is -1.16. The van der Waals surface area contributed by atoms with E-state index in [1.165, 1.54) is 0 Å². The molecular weight excluding hydrogens is 246 g/mol. The van der Waals surface area contributed by atoms with Gasteiger partial charge >= 0.3 is 0 Å². The topological polar surface area (TPSA) is 29.5 Å². The Balaban J connectivity index is 3.29. The van der Waals surface area contributed by atoms with Gasteiger partial charge < -0.3 is 9.64 Å². The van der Waals surface area contributed by atoms with Crippen LogP contribution < -0.4 is 9.64 Å². The minimum atomic E-state index is -0.0127. The summed E-state index contributed by atoms with van der Waals surface area (Å²) in [5.74, 6) is 1.41. The molecule has 0 atom stereocenters. The first-order valence-corrected chi connectivity index (χ1v) is 6.61. The van der Waals surface area contributed by atoms with Crippen molar-refractivity contribution >= 4 is 24.2 Å². The predicted octanol–water partition coefficient (Wildman–Crippen LogP) is 3.02. The molecule has 0 aliphatic heterocycles. The van der Waals surface area contributed by atoms with Gasteiger partial charge in [-0.05, 0) is 36.1 Å². The van der Waals surface area contributed by atoms with Crippen molar-refractivity contribution in [3.8, 4) is 5.75 Å². The summed E-state index contributed by atoms with van der Waals surface area (Å²) in [6.45, 7) is 6.19. The Bertz CT molecular complexity index is 444. The van der Waals surface area contributed by atoms with Gasteiger partial charge in [0.2, 0.25) is 5.91 Å². The molecule has 0 N–H and O–H groups in total. The first-order valence-electron chi connectivity index (χ1n) is 5.98. The van der Waals surface area contributed by atoms with Crippen molar-refractivity contribution in [2.24, 2.45) is 0 Å². The fraction of sp³-hybridized carbons (Fsp3) is 0.500. The van der Waals surface area contributed by atoms with Crippen molar-refractivity contribution in [3.05, 3.63) is 23.3 Å². The lowest BCUT2D eigenvalue weighted by Gasteiger charge is -2.22. The molecule has 0 bridgehead atoms. The van der Waals surface area contributed by atoms with Crippen molar-refractivity contribution in [2.75, 3.05) is 24.8 Å². The van der Waals surface area contributed by atoms with Gasteiger partial charge in [-0.2, -0.15) is 12.6 Å². The Morgan fingerprint density at radius 2 is 2.06 bits per heavy atom. The van der Waals surface area contributed by atoms with Gasteiger partial charge in [0, 0.05) is 12.7 Å². The molecule has 4 heteroatoms. The van der Waals surface area contributed by atoms with E-state index < -0.39 is 0 Å². The summed E-state index contributed by atoms with van der Waals surface area (Å²) in [6.07, 6.45) is 0. The van der Waals surface area contributed by atoms with Crippen LogP contribution in [0.3, 0.4) is 0 Å². The number of hydrogen-bond donors (Lipinski definition) is 1. The van der Waals surface area contributed by atoms with Gasteiger partial charge in [0.05, 0.1) is 12.9 Å². The first-order chi connectivity index (χ1) is 8.42. The number of carbonyl (C=O) groups excluding carboxylic acids is 1. The second kappa shape index (κ2) is 6.14. The van der Waals surface area contributed by atoms with Gasteiger partial charge in [-0.3, -0.25) is 4.79 Å². The Morgan fingerprint density at radius 3 is 2.50 bits per heavy atom. The number of anilines is 1. The zero-order valence-electron chi connectivity index (χ0n) is 11.7. The van der Waals surface area contributed by atoms with E-state index in [0.29, 0.717) is 5.92 Å². The number of nitrogens with zero attached hydrogens (tertiary/aromatic N) is 1. The van der Waals surface area contributed by atoms with E-state index in [1.807, 2.05) is 19.1 Å². The number of aryl methyl sites for hydroxylation is 1. The fourth-order valence-corrected chi connectivity index (χ4v) is 2.13. The molecular formula is C14H21NO2S. The van der Waals surface area contributed by atoms with Crippen LogP contribution in [0.1, 0.15) is 30.9 Å². The maximum Gasteiger partial charge on any atom is 0.236 e. The molecule has 0 saturated carbocycles. The lowest BCUT2D eigenvalue weighted by atomic mass is 9.98. The van der Waals surface area contributed by atoms with Crippen LogP contribution in [0.4, 0.5) is 5.69 Å². The number of rotatable bonds is 4. The van der Waals surface area contributed by atoms with Crippen LogP contribution in [0.2, 0.25) is 0 Å². The summed E-state index contributed by atoms with van der Waals surface area (Å²) in [7, 11) is 3.44. The molecule has 18 heavy (non-hydrogen) atoms. The lowest BCUT2D eigenvalue weighted by molar-refractivity contribution is -0.115. The van der Waals surface area contributed by atoms with Gasteiger partial charge in [-0.25, -0.2) is 0 Å². The smallest absolute Gasteiger partial charge is 0.236 e. The number of carbonyl (C=O) groups is 1. The van der Waals surface area contributed by atoms with Crippen molar-refractivity contribution in [3.63, 3.8) is 0 Å². The quantitative estimate of drug-likeness (QED) is 0.850. The van der Waals surface area contributed by atoms with E-state index >= 15 is 0 Å². The average molecular weight is 267 g/mol. The van der Waals surface area contributed by atoms with Gasteiger partial charge in [0.25, 0.3) is 0 Å². The molecule has 0 spiro atoms. The molecule has 0 aliphatic rings.